The van der Waals surface area contributed by atoms with Crippen molar-refractivity contribution in [2.45, 2.75) is 0 Å². The average Bonchev–Trinajstić information content (AvgIpc) is 2.75. The molecule has 0 fully saturated rings. The fraction of sp³-hybridized carbons (Fsp3) is 0.250. The van der Waals surface area contributed by atoms with Crippen molar-refractivity contribution in [1.29, 1.82) is 0 Å². The Morgan fingerprint density at radius 1 is 0.571 bits per heavy atom. The summed E-state index contributed by atoms with van der Waals surface area (Å²) in [5, 5.41) is 6.63. The largest absolute Gasteiger partial charge is 0.347 e. The molecule has 0 saturated carbocycles. The zero-order valence-corrected chi connectivity index (χ0v) is 18.8. The summed E-state index contributed by atoms with van der Waals surface area (Å²) in [6, 6.07) is 19.2. The number of anilines is 2. The Labute approximate surface area is 165 Å². The summed E-state index contributed by atoms with van der Waals surface area (Å²) >= 11 is 0. The molecule has 12 heteroatoms. The monoisotopic (exact) mass is 443 g/mol. The molecule has 2 atom stereocenters. The maximum atomic E-state index is 5.82. The third kappa shape index (κ3) is 4.58. The predicted molar refractivity (Wildman–Crippen MR) is 116 cm³/mol. The molecule has 0 aromatic heterocycles. The first kappa shape index (κ1) is 21.3. The molecule has 0 amide bonds. The second kappa shape index (κ2) is 8.93. The fourth-order valence-electron chi connectivity index (χ4n) is 2.43. The third-order valence-electron chi connectivity index (χ3n) is 3.79. The van der Waals surface area contributed by atoms with Crippen molar-refractivity contribution in [3.63, 3.8) is 0 Å². The van der Waals surface area contributed by atoms with Gasteiger partial charge in [-0.15, -0.1) is 9.03 Å². The van der Waals surface area contributed by atoms with Crippen molar-refractivity contribution >= 4 is 34.2 Å². The lowest BCUT2D eigenvalue weighted by Gasteiger charge is -2.33. The van der Waals surface area contributed by atoms with E-state index in [9.17, 15) is 0 Å². The molecule has 0 saturated heterocycles. The van der Waals surface area contributed by atoms with Gasteiger partial charge in [-0.05, 0) is 24.3 Å². The van der Waals surface area contributed by atoms with E-state index in [2.05, 4.69) is 10.2 Å². The molecular weight excluding hydrogens is 419 g/mol. The van der Waals surface area contributed by atoms with Crippen LogP contribution in [0.4, 0.5) is 11.4 Å². The maximum absolute atomic E-state index is 5.82. The number of para-hydroxylation sites is 2. The Kier molecular flexibility index (Phi) is 6.79. The molecule has 2 aromatic carbocycles. The van der Waals surface area contributed by atoms with Gasteiger partial charge < -0.3 is 28.3 Å². The van der Waals surface area contributed by atoms with Gasteiger partial charge in [0.1, 0.15) is 0 Å². The highest BCUT2D eigenvalue weighted by molar-refractivity contribution is 7.82. The van der Waals surface area contributed by atoms with Crippen LogP contribution in [0, 0.1) is 0 Å². The van der Waals surface area contributed by atoms with Gasteiger partial charge in [-0.3, -0.25) is 0 Å². The van der Waals surface area contributed by atoms with Gasteiger partial charge >= 0.3 is 22.8 Å². The van der Waals surface area contributed by atoms with Crippen molar-refractivity contribution < 1.29 is 18.1 Å². The predicted octanol–water partition coefficient (Wildman–Crippen LogP) is 6.65. The highest BCUT2D eigenvalue weighted by atomic mass is 31.3. The molecule has 1 heterocycles. The first-order valence-corrected chi connectivity index (χ1v) is 13.1. The maximum Gasteiger partial charge on any atom is 0.347 e. The lowest BCUT2D eigenvalue weighted by atomic mass is 10.3. The molecule has 1 aliphatic heterocycles. The van der Waals surface area contributed by atoms with Crippen LogP contribution in [0.2, 0.25) is 0 Å². The van der Waals surface area contributed by atoms with E-state index in [0.29, 0.717) is 0 Å². The number of nitrogens with one attached hydrogen (secondary N) is 2. The Morgan fingerprint density at radius 2 is 1.00 bits per heavy atom. The van der Waals surface area contributed by atoms with Gasteiger partial charge in [0.05, 0.1) is 0 Å². The molecule has 1 aliphatic rings. The van der Waals surface area contributed by atoms with E-state index in [1.807, 2.05) is 60.7 Å². The zero-order chi connectivity index (χ0) is 20.1. The van der Waals surface area contributed by atoms with Crippen LogP contribution in [-0.2, 0) is 18.1 Å². The minimum absolute atomic E-state index is 0.811. The molecule has 3 rings (SSSR count). The molecule has 2 N–H and O–H groups in total. The molecule has 0 radical (unpaired) electrons. The quantitative estimate of drug-likeness (QED) is 0.444. The highest BCUT2D eigenvalue weighted by Crippen LogP contribution is 2.78. The summed E-state index contributed by atoms with van der Waals surface area (Å²) in [7, 11) is -2.81. The Morgan fingerprint density at radius 3 is 1.39 bits per heavy atom. The van der Waals surface area contributed by atoms with E-state index in [1.165, 1.54) is 14.2 Å². The lowest BCUT2D eigenvalue weighted by Crippen LogP contribution is -2.06. The van der Waals surface area contributed by atoms with Gasteiger partial charge in [0.15, 0.2) is 0 Å². The van der Waals surface area contributed by atoms with Crippen molar-refractivity contribution in [2.75, 3.05) is 38.6 Å². The highest BCUT2D eigenvalue weighted by Gasteiger charge is 2.39. The molecule has 152 valence electrons. The van der Waals surface area contributed by atoms with Crippen LogP contribution in [0.25, 0.3) is 0 Å². The van der Waals surface area contributed by atoms with E-state index < -0.39 is 22.8 Å². The fourth-order valence-corrected chi connectivity index (χ4v) is 11.9. The summed E-state index contributed by atoms with van der Waals surface area (Å²) in [4.78, 5) is 0. The number of nitrogens with zero attached hydrogens (tertiary/aromatic N) is 3. The number of hydrogen-bond acceptors (Lipinski definition) is 9. The molecular formula is C16H24N5O4P3. The Balaban J connectivity index is 2.20. The van der Waals surface area contributed by atoms with Crippen LogP contribution in [0.1, 0.15) is 0 Å². The van der Waals surface area contributed by atoms with Crippen LogP contribution >= 0.6 is 22.8 Å². The average molecular weight is 443 g/mol. The molecule has 2 aromatic rings. The van der Waals surface area contributed by atoms with Crippen molar-refractivity contribution in [3.8, 4) is 0 Å². The smallest absolute Gasteiger partial charge is 0.315 e. The SMILES string of the molecule is COP1(OC)=N[P@](Nc2ccccc2)(OC)=N[P@@](Nc2ccccc2)(OC)=N1. The van der Waals surface area contributed by atoms with Gasteiger partial charge in [-0.25, -0.2) is 0 Å². The van der Waals surface area contributed by atoms with Crippen molar-refractivity contribution in [2.24, 2.45) is 13.5 Å². The minimum Gasteiger partial charge on any atom is -0.315 e. The van der Waals surface area contributed by atoms with Crippen LogP contribution in [0.3, 0.4) is 0 Å². The van der Waals surface area contributed by atoms with E-state index in [0.717, 1.165) is 11.4 Å². The second-order valence-electron chi connectivity index (χ2n) is 5.53. The zero-order valence-electron chi connectivity index (χ0n) is 16.1. The topological polar surface area (TPSA) is 98.1 Å². The van der Waals surface area contributed by atoms with Gasteiger partial charge in [0, 0.05) is 39.8 Å². The first-order valence-electron chi connectivity index (χ1n) is 8.33. The molecule has 0 bridgehead atoms. The Hall–Kier alpha value is -1.43. The number of hydrogen-bond donors (Lipinski definition) is 2. The van der Waals surface area contributed by atoms with Crippen LogP contribution in [-0.4, -0.2) is 28.4 Å². The molecule has 0 unspecified atom stereocenters. The van der Waals surface area contributed by atoms with E-state index in [-0.39, 0.29) is 0 Å². The second-order valence-corrected chi connectivity index (χ2v) is 12.7. The van der Waals surface area contributed by atoms with Gasteiger partial charge in [-0.2, -0.15) is 4.52 Å². The Bertz CT molecular complexity index is 912. The van der Waals surface area contributed by atoms with Gasteiger partial charge in [-0.1, -0.05) is 36.4 Å². The lowest BCUT2D eigenvalue weighted by molar-refractivity contribution is 0.328. The summed E-state index contributed by atoms with van der Waals surface area (Å²) in [6.07, 6.45) is 0. The van der Waals surface area contributed by atoms with E-state index >= 15 is 0 Å². The van der Waals surface area contributed by atoms with E-state index in [1.54, 1.807) is 14.2 Å². The first-order chi connectivity index (χ1) is 13.5. The van der Waals surface area contributed by atoms with Gasteiger partial charge in [0.2, 0.25) is 0 Å². The van der Waals surface area contributed by atoms with Crippen LogP contribution < -0.4 is 10.2 Å². The van der Waals surface area contributed by atoms with Crippen LogP contribution in [0.15, 0.2) is 74.2 Å². The van der Waals surface area contributed by atoms with Gasteiger partial charge in [0.25, 0.3) is 0 Å². The summed E-state index contributed by atoms with van der Waals surface area (Å²) in [5.74, 6) is 0. The van der Waals surface area contributed by atoms with E-state index in [4.69, 9.17) is 31.6 Å². The number of benzene rings is 2. The molecule has 0 spiro atoms. The third-order valence-corrected chi connectivity index (χ3v) is 12.5. The standard InChI is InChI=1S/C16H24N5O4P3/c1-22-26(17-15-11-7-5-8-12-15)19-27(23-2,18-16-13-9-6-10-14-16)21-28(20-26,24-3)25-4/h5-14,17-18H,1-4H3/t26-,27-/m1/s1. The summed E-state index contributed by atoms with van der Waals surface area (Å²) in [5.41, 5.74) is 1.62. The van der Waals surface area contributed by atoms with Crippen molar-refractivity contribution in [1.82, 2.24) is 0 Å². The molecule has 28 heavy (non-hydrogen) atoms. The normalized spacial score (nSPS) is 25.7. The van der Waals surface area contributed by atoms with Crippen molar-refractivity contribution in [3.05, 3.63) is 60.7 Å². The molecule has 0 aliphatic carbocycles. The minimum atomic E-state index is -3.02. The summed E-state index contributed by atoms with van der Waals surface area (Å²) in [6.45, 7) is 0. The molecule has 9 nitrogen and oxygen atoms in total. The summed E-state index contributed by atoms with van der Waals surface area (Å²) < 4.78 is 37.1. The number of rotatable bonds is 8. The van der Waals surface area contributed by atoms with Crippen LogP contribution in [0.5, 0.6) is 0 Å².